The maximum Gasteiger partial charge on any atom is 0.113 e. The smallest absolute Gasteiger partial charge is 0.113 e. The first kappa shape index (κ1) is 14.5. The van der Waals surface area contributed by atoms with Crippen LogP contribution >= 0.6 is 0 Å². The Morgan fingerprint density at radius 1 is 1.41 bits per heavy atom. The number of amidine groups is 1. The molecule has 0 aromatic rings. The highest BCUT2D eigenvalue weighted by Gasteiger charge is 2.33. The average molecular weight is 240 g/mol. The number of likely N-dealkylation sites (tertiary alicyclic amines) is 1. The van der Waals surface area contributed by atoms with Crippen molar-refractivity contribution in [3.63, 3.8) is 0 Å². The molecule has 0 aromatic heterocycles. The summed E-state index contributed by atoms with van der Waals surface area (Å²) < 4.78 is 0. The molecule has 1 heterocycles. The topological polar surface area (TPSA) is 53.6 Å². The molecule has 0 aromatic carbocycles. The number of nitrogens with two attached hydrogens (primary N) is 1. The minimum atomic E-state index is 0.393. The summed E-state index contributed by atoms with van der Waals surface area (Å²) in [4.78, 5) is 6.77. The van der Waals surface area contributed by atoms with Crippen molar-refractivity contribution in [3.8, 4) is 0 Å². The molecule has 0 amide bonds. The molecule has 100 valence electrons. The lowest BCUT2D eigenvalue weighted by molar-refractivity contribution is 0.141. The fourth-order valence-electron chi connectivity index (χ4n) is 2.82. The van der Waals surface area contributed by atoms with Gasteiger partial charge < -0.3 is 16.0 Å². The monoisotopic (exact) mass is 240 g/mol. The number of nitrogens with one attached hydrogen (secondary N) is 1. The molecule has 17 heavy (non-hydrogen) atoms. The van der Waals surface area contributed by atoms with E-state index in [0.717, 1.165) is 26.2 Å². The molecule has 1 fully saturated rings. The average Bonchev–Trinajstić information content (AvgIpc) is 2.37. The van der Waals surface area contributed by atoms with Crippen LogP contribution < -0.4 is 11.1 Å². The van der Waals surface area contributed by atoms with E-state index in [1.165, 1.54) is 31.5 Å². The van der Waals surface area contributed by atoms with Crippen LogP contribution in [0.25, 0.3) is 0 Å². The summed E-state index contributed by atoms with van der Waals surface area (Å²) in [5.41, 5.74) is 6.37. The molecule has 1 rings (SSSR count). The van der Waals surface area contributed by atoms with Gasteiger partial charge in [-0.2, -0.15) is 0 Å². The molecule has 4 nitrogen and oxygen atoms in total. The van der Waals surface area contributed by atoms with Crippen LogP contribution in [0.1, 0.15) is 32.6 Å². The Morgan fingerprint density at radius 3 is 2.47 bits per heavy atom. The molecule has 0 spiro atoms. The summed E-state index contributed by atoms with van der Waals surface area (Å²) in [6.07, 6.45) is 4.92. The summed E-state index contributed by atoms with van der Waals surface area (Å²) in [7, 11) is 3.85. The second-order valence-corrected chi connectivity index (χ2v) is 5.11. The number of likely N-dealkylation sites (N-methyl/N-ethyl adjacent to an activating group) is 1. The zero-order valence-electron chi connectivity index (χ0n) is 11.6. The molecular formula is C13H28N4. The SMILES string of the molecule is CCCC1(CN)CCN(C(CNC)=NC)CC1. The van der Waals surface area contributed by atoms with Gasteiger partial charge in [-0.05, 0) is 38.3 Å². The first-order valence-corrected chi connectivity index (χ1v) is 6.76. The molecule has 0 aliphatic carbocycles. The van der Waals surface area contributed by atoms with Crippen LogP contribution in [-0.4, -0.2) is 51.0 Å². The highest BCUT2D eigenvalue weighted by Crippen LogP contribution is 2.35. The molecule has 1 saturated heterocycles. The lowest BCUT2D eigenvalue weighted by Gasteiger charge is -2.42. The van der Waals surface area contributed by atoms with E-state index >= 15 is 0 Å². The fraction of sp³-hybridized carbons (Fsp3) is 0.923. The van der Waals surface area contributed by atoms with Crippen molar-refractivity contribution in [1.82, 2.24) is 10.2 Å². The van der Waals surface area contributed by atoms with Gasteiger partial charge in [0.15, 0.2) is 0 Å². The number of hydrogen-bond donors (Lipinski definition) is 2. The van der Waals surface area contributed by atoms with Gasteiger partial charge in [0.25, 0.3) is 0 Å². The lowest BCUT2D eigenvalue weighted by Crippen LogP contribution is -2.48. The van der Waals surface area contributed by atoms with Gasteiger partial charge in [-0.15, -0.1) is 0 Å². The van der Waals surface area contributed by atoms with E-state index in [-0.39, 0.29) is 0 Å². The molecule has 0 atom stereocenters. The van der Waals surface area contributed by atoms with Crippen molar-refractivity contribution in [2.75, 3.05) is 40.3 Å². The minimum Gasteiger partial charge on any atom is -0.359 e. The highest BCUT2D eigenvalue weighted by molar-refractivity contribution is 5.84. The van der Waals surface area contributed by atoms with Gasteiger partial charge in [0.1, 0.15) is 5.84 Å². The Kier molecular flexibility index (Phi) is 5.92. The van der Waals surface area contributed by atoms with Crippen molar-refractivity contribution in [2.45, 2.75) is 32.6 Å². The summed E-state index contributed by atoms with van der Waals surface area (Å²) in [5, 5.41) is 3.18. The van der Waals surface area contributed by atoms with Crippen LogP contribution in [-0.2, 0) is 0 Å². The van der Waals surface area contributed by atoms with Crippen LogP contribution in [0.2, 0.25) is 0 Å². The van der Waals surface area contributed by atoms with E-state index in [4.69, 9.17) is 5.73 Å². The summed E-state index contributed by atoms with van der Waals surface area (Å²) >= 11 is 0. The third-order valence-electron chi connectivity index (χ3n) is 4.00. The second-order valence-electron chi connectivity index (χ2n) is 5.11. The fourth-order valence-corrected chi connectivity index (χ4v) is 2.82. The molecule has 3 N–H and O–H groups in total. The van der Waals surface area contributed by atoms with Crippen LogP contribution in [0.4, 0.5) is 0 Å². The van der Waals surface area contributed by atoms with Crippen LogP contribution in [0.15, 0.2) is 4.99 Å². The Bertz CT molecular complexity index is 242. The van der Waals surface area contributed by atoms with E-state index in [9.17, 15) is 0 Å². The first-order valence-electron chi connectivity index (χ1n) is 6.76. The van der Waals surface area contributed by atoms with Gasteiger partial charge >= 0.3 is 0 Å². The zero-order valence-corrected chi connectivity index (χ0v) is 11.6. The summed E-state index contributed by atoms with van der Waals surface area (Å²) in [5.74, 6) is 1.18. The van der Waals surface area contributed by atoms with Crippen molar-refractivity contribution in [1.29, 1.82) is 0 Å². The predicted octanol–water partition coefficient (Wildman–Crippen LogP) is 1.08. The number of hydrogen-bond acceptors (Lipinski definition) is 3. The van der Waals surface area contributed by atoms with Gasteiger partial charge in [-0.3, -0.25) is 4.99 Å². The van der Waals surface area contributed by atoms with E-state index in [2.05, 4.69) is 22.1 Å². The Morgan fingerprint density at radius 2 is 2.06 bits per heavy atom. The largest absolute Gasteiger partial charge is 0.359 e. The third kappa shape index (κ3) is 3.68. The normalized spacial score (nSPS) is 20.7. The molecule has 1 aliphatic rings. The van der Waals surface area contributed by atoms with E-state index < -0.39 is 0 Å². The molecule has 0 radical (unpaired) electrons. The predicted molar refractivity (Wildman–Crippen MR) is 74.5 cm³/mol. The first-order chi connectivity index (χ1) is 8.21. The van der Waals surface area contributed by atoms with Crippen LogP contribution in [0.5, 0.6) is 0 Å². The number of nitrogens with zero attached hydrogens (tertiary/aromatic N) is 2. The van der Waals surface area contributed by atoms with Crippen LogP contribution in [0.3, 0.4) is 0 Å². The van der Waals surface area contributed by atoms with Gasteiger partial charge in [0.2, 0.25) is 0 Å². The Balaban J connectivity index is 2.54. The maximum atomic E-state index is 5.98. The van der Waals surface area contributed by atoms with Crippen molar-refractivity contribution in [3.05, 3.63) is 0 Å². The number of rotatable bonds is 5. The van der Waals surface area contributed by atoms with Gasteiger partial charge in [-0.1, -0.05) is 13.3 Å². The molecule has 1 aliphatic heterocycles. The van der Waals surface area contributed by atoms with Crippen molar-refractivity contribution >= 4 is 5.84 Å². The van der Waals surface area contributed by atoms with Crippen LogP contribution in [0, 0.1) is 5.41 Å². The number of aliphatic imine (C=N–C) groups is 1. The maximum absolute atomic E-state index is 5.98. The molecule has 0 unspecified atom stereocenters. The van der Waals surface area contributed by atoms with Crippen molar-refractivity contribution < 1.29 is 0 Å². The van der Waals surface area contributed by atoms with E-state index in [0.29, 0.717) is 5.41 Å². The third-order valence-corrected chi connectivity index (χ3v) is 4.00. The zero-order chi connectivity index (χ0) is 12.7. The molecule has 4 heteroatoms. The standard InChI is InChI=1S/C13H28N4/c1-4-5-13(11-14)6-8-17(9-7-13)12(16-3)10-15-2/h15H,4-11,14H2,1-3H3. The van der Waals surface area contributed by atoms with Gasteiger partial charge in [0, 0.05) is 20.1 Å². The Hall–Kier alpha value is -0.610. The van der Waals surface area contributed by atoms with Crippen molar-refractivity contribution in [2.24, 2.45) is 16.1 Å². The molecule has 0 bridgehead atoms. The van der Waals surface area contributed by atoms with E-state index in [1.54, 1.807) is 0 Å². The highest BCUT2D eigenvalue weighted by atomic mass is 15.2. The Labute approximate surface area is 106 Å². The molecular weight excluding hydrogens is 212 g/mol. The quantitative estimate of drug-likeness (QED) is 0.558. The summed E-state index contributed by atoms with van der Waals surface area (Å²) in [6, 6.07) is 0. The second kappa shape index (κ2) is 6.97. The number of piperidine rings is 1. The van der Waals surface area contributed by atoms with Gasteiger partial charge in [-0.25, -0.2) is 0 Å². The van der Waals surface area contributed by atoms with E-state index in [1.807, 2.05) is 14.1 Å². The minimum absolute atomic E-state index is 0.393. The molecule has 0 saturated carbocycles. The lowest BCUT2D eigenvalue weighted by atomic mass is 9.75. The summed E-state index contributed by atoms with van der Waals surface area (Å²) in [6.45, 7) is 6.15. The van der Waals surface area contributed by atoms with Gasteiger partial charge in [0.05, 0.1) is 6.54 Å².